The Hall–Kier alpha value is -0.830. The third-order valence-electron chi connectivity index (χ3n) is 5.07. The third kappa shape index (κ3) is 6.13. The first-order chi connectivity index (χ1) is 11.4. The van der Waals surface area contributed by atoms with Crippen molar-refractivity contribution < 1.29 is 9.53 Å². The molecule has 1 aliphatic carbocycles. The van der Waals surface area contributed by atoms with Crippen LogP contribution in [0.2, 0.25) is 0 Å². The van der Waals surface area contributed by atoms with Gasteiger partial charge in [0.15, 0.2) is 5.96 Å². The number of carbonyl (C=O) groups excluding carboxylic acids is 1. The van der Waals surface area contributed by atoms with Crippen LogP contribution in [0.5, 0.6) is 0 Å². The summed E-state index contributed by atoms with van der Waals surface area (Å²) in [6, 6.07) is 0.301. The van der Waals surface area contributed by atoms with E-state index >= 15 is 0 Å². The number of likely N-dealkylation sites (N-methyl/N-ethyl adjacent to an activating group) is 1. The van der Waals surface area contributed by atoms with Crippen molar-refractivity contribution in [1.29, 1.82) is 0 Å². The van der Waals surface area contributed by atoms with Crippen molar-refractivity contribution in [2.75, 3.05) is 33.8 Å². The molecule has 0 saturated heterocycles. The Morgan fingerprint density at radius 3 is 2.48 bits per heavy atom. The summed E-state index contributed by atoms with van der Waals surface area (Å²) in [6.45, 7) is 11.7. The van der Waals surface area contributed by atoms with Gasteiger partial charge >= 0.3 is 0 Å². The fraction of sp³-hybridized carbons (Fsp3) is 0.778. The number of halogens is 1. The summed E-state index contributed by atoms with van der Waals surface area (Å²) in [7, 11) is 3.47. The quantitative estimate of drug-likeness (QED) is 0.237. The molecule has 0 aromatic heterocycles. The Morgan fingerprint density at radius 1 is 1.36 bits per heavy atom. The molecule has 6 nitrogen and oxygen atoms in total. The van der Waals surface area contributed by atoms with E-state index in [-0.39, 0.29) is 41.8 Å². The molecule has 2 unspecified atom stereocenters. The van der Waals surface area contributed by atoms with Gasteiger partial charge < -0.3 is 20.3 Å². The maximum Gasteiger partial charge on any atom is 0.243 e. The van der Waals surface area contributed by atoms with Crippen LogP contribution in [0.4, 0.5) is 0 Å². The highest BCUT2D eigenvalue weighted by Crippen LogP contribution is 2.48. The molecule has 2 N–H and O–H groups in total. The van der Waals surface area contributed by atoms with Gasteiger partial charge in [0.2, 0.25) is 5.91 Å². The molecule has 0 aliphatic heterocycles. The number of hydrogen-bond donors (Lipinski definition) is 2. The zero-order valence-corrected chi connectivity index (χ0v) is 18.6. The van der Waals surface area contributed by atoms with E-state index in [1.54, 1.807) is 25.1 Å². The van der Waals surface area contributed by atoms with E-state index in [1.807, 2.05) is 6.92 Å². The summed E-state index contributed by atoms with van der Waals surface area (Å²) in [5, 5.41) is 6.71. The van der Waals surface area contributed by atoms with E-state index in [0.717, 1.165) is 25.9 Å². The van der Waals surface area contributed by atoms with Gasteiger partial charge in [-0.25, -0.2) is 4.99 Å². The topological polar surface area (TPSA) is 66.0 Å². The van der Waals surface area contributed by atoms with Gasteiger partial charge in [0.1, 0.15) is 6.54 Å². The van der Waals surface area contributed by atoms with Crippen molar-refractivity contribution in [3.63, 3.8) is 0 Å². The Balaban J connectivity index is 0.00000576. The van der Waals surface area contributed by atoms with E-state index in [2.05, 4.69) is 36.1 Å². The Labute approximate surface area is 169 Å². The molecule has 1 aliphatic rings. The predicted molar refractivity (Wildman–Crippen MR) is 115 cm³/mol. The second-order valence-electron chi connectivity index (χ2n) is 6.44. The first-order valence-corrected chi connectivity index (χ1v) is 8.92. The zero-order valence-electron chi connectivity index (χ0n) is 16.3. The summed E-state index contributed by atoms with van der Waals surface area (Å²) >= 11 is 0. The van der Waals surface area contributed by atoms with Crippen LogP contribution in [0.15, 0.2) is 17.6 Å². The lowest BCUT2D eigenvalue weighted by atomic mass is 9.58. The summed E-state index contributed by atoms with van der Waals surface area (Å²) in [5.74, 6) is 0.643. The predicted octanol–water partition coefficient (Wildman–Crippen LogP) is 2.40. The van der Waals surface area contributed by atoms with Crippen LogP contribution in [-0.4, -0.2) is 62.7 Å². The first-order valence-electron chi connectivity index (χ1n) is 8.92. The Morgan fingerprint density at radius 2 is 2.00 bits per heavy atom. The molecule has 0 heterocycles. The van der Waals surface area contributed by atoms with Crippen molar-refractivity contribution in [1.82, 2.24) is 15.5 Å². The van der Waals surface area contributed by atoms with Crippen molar-refractivity contribution in [3.05, 3.63) is 12.7 Å². The van der Waals surface area contributed by atoms with Gasteiger partial charge in [0.05, 0.1) is 6.10 Å². The van der Waals surface area contributed by atoms with Gasteiger partial charge in [0.25, 0.3) is 0 Å². The van der Waals surface area contributed by atoms with Crippen LogP contribution in [0.25, 0.3) is 0 Å². The number of ether oxygens (including phenoxy) is 1. The molecule has 0 bridgehead atoms. The van der Waals surface area contributed by atoms with Gasteiger partial charge in [-0.1, -0.05) is 19.9 Å². The number of rotatable bonds is 9. The number of carbonyl (C=O) groups is 1. The Bertz CT molecular complexity index is 450. The molecule has 25 heavy (non-hydrogen) atoms. The van der Waals surface area contributed by atoms with Crippen LogP contribution in [0.3, 0.4) is 0 Å². The zero-order chi connectivity index (χ0) is 18.2. The highest BCUT2D eigenvalue weighted by atomic mass is 127. The van der Waals surface area contributed by atoms with Gasteiger partial charge in [-0.2, -0.15) is 0 Å². The smallest absolute Gasteiger partial charge is 0.243 e. The number of amides is 1. The number of nitrogens with zero attached hydrogens (tertiary/aromatic N) is 2. The van der Waals surface area contributed by atoms with Gasteiger partial charge in [-0.05, 0) is 26.2 Å². The van der Waals surface area contributed by atoms with Crippen LogP contribution >= 0.6 is 24.0 Å². The van der Waals surface area contributed by atoms with Gasteiger partial charge in [-0.3, -0.25) is 4.79 Å². The molecule has 0 spiro atoms. The van der Waals surface area contributed by atoms with Crippen LogP contribution in [0.1, 0.15) is 40.0 Å². The largest absolute Gasteiger partial charge is 0.378 e. The molecule has 1 saturated carbocycles. The lowest BCUT2D eigenvalue weighted by molar-refractivity contribution is -0.133. The minimum absolute atomic E-state index is 0. The average Bonchev–Trinajstić information content (AvgIpc) is 2.56. The molecule has 1 fully saturated rings. The fourth-order valence-electron chi connectivity index (χ4n) is 3.36. The summed E-state index contributed by atoms with van der Waals surface area (Å²) < 4.78 is 5.92. The minimum Gasteiger partial charge on any atom is -0.378 e. The molecule has 1 rings (SSSR count). The molecule has 1 amide bonds. The Kier molecular flexibility index (Phi) is 11.3. The normalized spacial score (nSPS) is 21.6. The van der Waals surface area contributed by atoms with E-state index in [1.165, 1.54) is 0 Å². The van der Waals surface area contributed by atoms with Gasteiger partial charge in [-0.15, -0.1) is 30.6 Å². The number of aliphatic imine (C=N–C) groups is 1. The fourth-order valence-corrected chi connectivity index (χ4v) is 3.36. The molecule has 2 atom stereocenters. The van der Waals surface area contributed by atoms with Gasteiger partial charge in [0, 0.05) is 38.7 Å². The lowest BCUT2D eigenvalue weighted by Crippen LogP contribution is -2.65. The number of guanidine groups is 1. The van der Waals surface area contributed by atoms with Crippen molar-refractivity contribution in [2.24, 2.45) is 10.4 Å². The third-order valence-corrected chi connectivity index (χ3v) is 5.07. The molecule has 0 aromatic rings. The second kappa shape index (κ2) is 11.7. The summed E-state index contributed by atoms with van der Waals surface area (Å²) in [5.41, 5.74) is 0.123. The first kappa shape index (κ1) is 24.2. The summed E-state index contributed by atoms with van der Waals surface area (Å²) in [6.07, 6.45) is 5.14. The van der Waals surface area contributed by atoms with E-state index in [9.17, 15) is 4.79 Å². The van der Waals surface area contributed by atoms with Crippen molar-refractivity contribution >= 4 is 35.8 Å². The SMILES string of the molecule is C=CCNC(=NCC(=O)N(C)C)NC1CC(OCC)C1(CC)CC.I. The maximum absolute atomic E-state index is 11.8. The highest BCUT2D eigenvalue weighted by molar-refractivity contribution is 14.0. The minimum atomic E-state index is -0.0206. The second-order valence-corrected chi connectivity index (χ2v) is 6.44. The monoisotopic (exact) mass is 466 g/mol. The van der Waals surface area contributed by atoms with Crippen LogP contribution in [0, 0.1) is 5.41 Å². The summed E-state index contributed by atoms with van der Waals surface area (Å²) in [4.78, 5) is 17.8. The maximum atomic E-state index is 11.8. The van der Waals surface area contributed by atoms with Crippen molar-refractivity contribution in [3.8, 4) is 0 Å². The molecule has 146 valence electrons. The molecular weight excluding hydrogens is 431 g/mol. The van der Waals surface area contributed by atoms with Crippen LogP contribution < -0.4 is 10.6 Å². The number of nitrogens with one attached hydrogen (secondary N) is 2. The number of hydrogen-bond acceptors (Lipinski definition) is 3. The van der Waals surface area contributed by atoms with E-state index in [0.29, 0.717) is 24.7 Å². The highest BCUT2D eigenvalue weighted by Gasteiger charge is 2.53. The van der Waals surface area contributed by atoms with Crippen molar-refractivity contribution in [2.45, 2.75) is 52.2 Å². The molecular formula is C18H35IN4O2. The molecule has 7 heteroatoms. The molecule has 0 aromatic carbocycles. The lowest BCUT2D eigenvalue weighted by Gasteiger charge is -2.55. The van der Waals surface area contributed by atoms with E-state index < -0.39 is 0 Å². The van der Waals surface area contributed by atoms with E-state index in [4.69, 9.17) is 4.74 Å². The standard InChI is InChI=1S/C18H34N4O2.HI/c1-7-11-19-17(20-13-16(23)22(5)6)21-14-12-15(24-10-4)18(14,8-2)9-3;/h7,14-15H,1,8-13H2,2-6H3,(H2,19,20,21);1H. The van der Waals surface area contributed by atoms with Crippen LogP contribution in [-0.2, 0) is 9.53 Å². The average molecular weight is 466 g/mol. The molecule has 0 radical (unpaired) electrons.